The van der Waals surface area contributed by atoms with E-state index in [1.807, 2.05) is 0 Å². The first kappa shape index (κ1) is 96.5. The monoisotopic (exact) mass is 1450 g/mol. The van der Waals surface area contributed by atoms with Gasteiger partial charge in [-0.1, -0.05) is 342 Å². The lowest BCUT2D eigenvalue weighted by Crippen LogP contribution is -2.30. The van der Waals surface area contributed by atoms with Crippen LogP contribution in [-0.2, 0) is 65.4 Å². The Balaban J connectivity index is 5.30. The third-order valence-corrected chi connectivity index (χ3v) is 20.3. The summed E-state index contributed by atoms with van der Waals surface area (Å²) in [4.78, 5) is 73.0. The zero-order valence-corrected chi connectivity index (χ0v) is 66.1. The number of carbonyl (C=O) groups is 4. The summed E-state index contributed by atoms with van der Waals surface area (Å²) < 4.78 is 68.7. The summed E-state index contributed by atoms with van der Waals surface area (Å²) >= 11 is 0. The summed E-state index contributed by atoms with van der Waals surface area (Å²) in [5.41, 5.74) is 0. The van der Waals surface area contributed by atoms with Crippen LogP contribution in [0.4, 0.5) is 0 Å². The minimum absolute atomic E-state index is 0.0847. The van der Waals surface area contributed by atoms with Crippen molar-refractivity contribution in [3.8, 4) is 0 Å². The molecule has 3 N–H and O–H groups in total. The maximum atomic E-state index is 13.1. The number of aliphatic hydroxyl groups is 1. The second-order valence-electron chi connectivity index (χ2n) is 28.8. The third-order valence-electron chi connectivity index (χ3n) is 18.4. The molecular formula is C80H152O17P2. The fourth-order valence-electron chi connectivity index (χ4n) is 11.8. The number of rotatable bonds is 77. The van der Waals surface area contributed by atoms with Crippen LogP contribution in [0.3, 0.4) is 0 Å². The predicted octanol–water partition coefficient (Wildman–Crippen LogP) is 23.4. The Labute approximate surface area is 605 Å². The largest absolute Gasteiger partial charge is 0.472 e. The van der Waals surface area contributed by atoms with Crippen molar-refractivity contribution >= 4 is 39.5 Å². The molecule has 0 aromatic rings. The van der Waals surface area contributed by atoms with Crippen LogP contribution in [0.5, 0.6) is 0 Å². The van der Waals surface area contributed by atoms with Crippen molar-refractivity contribution in [3.05, 3.63) is 24.3 Å². The topological polar surface area (TPSA) is 237 Å². The molecule has 0 aliphatic rings. The Morgan fingerprint density at radius 3 is 0.909 bits per heavy atom. The molecule has 6 atom stereocenters. The van der Waals surface area contributed by atoms with Gasteiger partial charge in [-0.25, -0.2) is 9.13 Å². The van der Waals surface area contributed by atoms with E-state index in [0.717, 1.165) is 115 Å². The van der Waals surface area contributed by atoms with Gasteiger partial charge in [0.25, 0.3) is 0 Å². The van der Waals surface area contributed by atoms with Crippen molar-refractivity contribution in [3.63, 3.8) is 0 Å². The van der Waals surface area contributed by atoms with Crippen LogP contribution in [0.25, 0.3) is 0 Å². The second kappa shape index (κ2) is 71.2. The Kier molecular flexibility index (Phi) is 69.4. The standard InChI is InChI=1S/C80H152O17P2/c1-7-10-12-14-16-18-20-22-24-26-29-33-37-44-50-56-62-77(82)90-68-75(96-80(85)65-59-53-47-39-35-31-27-28-32-36-42-48-54-60-72(4)5)70-94-98(86,87)92-66-74(81)67-93-99(88,89)95-71-76(69-91-78(83)63-57-51-45-41-40-43-49-55-61-73(6)9-3)97-79(84)64-58-52-46-38-34-30-25-23-21-19-17-15-13-11-8-2/h19,21,23,25,72-76,81H,7-18,20,22,24,26-71H2,1-6H3,(H,86,87)(H,88,89)/b21-19-,25-23-/t73?,74-,75-,76-/m1/s1. The number of phosphoric acid groups is 2. The van der Waals surface area contributed by atoms with Crippen molar-refractivity contribution in [1.82, 2.24) is 0 Å². The van der Waals surface area contributed by atoms with Gasteiger partial charge >= 0.3 is 39.5 Å². The molecule has 0 saturated carbocycles. The lowest BCUT2D eigenvalue weighted by Gasteiger charge is -2.21. The van der Waals surface area contributed by atoms with Crippen molar-refractivity contribution in [2.75, 3.05) is 39.6 Å². The maximum Gasteiger partial charge on any atom is 0.472 e. The molecule has 0 radical (unpaired) electrons. The molecule has 0 aliphatic heterocycles. The third kappa shape index (κ3) is 72.3. The first-order chi connectivity index (χ1) is 47.9. The van der Waals surface area contributed by atoms with Crippen LogP contribution >= 0.6 is 15.6 Å². The van der Waals surface area contributed by atoms with Crippen molar-refractivity contribution in [1.29, 1.82) is 0 Å². The number of phosphoric ester groups is 2. The van der Waals surface area contributed by atoms with Crippen LogP contribution in [0.1, 0.15) is 395 Å². The van der Waals surface area contributed by atoms with Crippen molar-refractivity contribution in [2.45, 2.75) is 413 Å². The molecule has 99 heavy (non-hydrogen) atoms. The van der Waals surface area contributed by atoms with E-state index >= 15 is 0 Å². The highest BCUT2D eigenvalue weighted by atomic mass is 31.2. The second-order valence-corrected chi connectivity index (χ2v) is 31.7. The molecule has 0 amide bonds. The highest BCUT2D eigenvalue weighted by molar-refractivity contribution is 7.47. The van der Waals surface area contributed by atoms with E-state index in [-0.39, 0.29) is 25.7 Å². The molecule has 3 unspecified atom stereocenters. The van der Waals surface area contributed by atoms with Crippen LogP contribution in [-0.4, -0.2) is 96.7 Å². The molecule has 0 heterocycles. The Bertz CT molecular complexity index is 2000. The summed E-state index contributed by atoms with van der Waals surface area (Å²) in [6.45, 7) is 9.58. The normalized spacial score (nSPS) is 14.4. The number of allylic oxidation sites excluding steroid dienone is 4. The molecule has 0 aromatic carbocycles. The average Bonchev–Trinajstić information content (AvgIpc) is 1.79. The molecule has 0 fully saturated rings. The average molecular weight is 1450 g/mol. The number of hydrogen-bond acceptors (Lipinski definition) is 15. The molecule has 0 aromatic heterocycles. The molecule has 17 nitrogen and oxygen atoms in total. The van der Waals surface area contributed by atoms with E-state index in [1.165, 1.54) is 199 Å². The van der Waals surface area contributed by atoms with Crippen molar-refractivity contribution < 1.29 is 80.2 Å². The SMILES string of the molecule is CCCCCC/C=C\C=C/CCCCCCCC(=O)O[C@H](COC(=O)CCCCCCCCCCC(C)CC)COP(=O)(O)OC[C@H](O)COP(=O)(O)OC[C@@H](COC(=O)CCCCCCCCCCCCCCCCCC)OC(=O)CCCCCCCCCCCCCCCC(C)C. The number of hydrogen-bond donors (Lipinski definition) is 3. The quantitative estimate of drug-likeness (QED) is 0.0169. The van der Waals surface area contributed by atoms with Gasteiger partial charge in [0.05, 0.1) is 26.4 Å². The van der Waals surface area contributed by atoms with Crippen LogP contribution < -0.4 is 0 Å². The predicted molar refractivity (Wildman–Crippen MR) is 404 cm³/mol. The molecule has 0 bridgehead atoms. The van der Waals surface area contributed by atoms with Crippen LogP contribution in [0.2, 0.25) is 0 Å². The Morgan fingerprint density at radius 2 is 0.596 bits per heavy atom. The molecular weight excluding hydrogens is 1290 g/mol. The maximum absolute atomic E-state index is 13.1. The van der Waals surface area contributed by atoms with E-state index < -0.39 is 97.5 Å². The molecule has 0 saturated heterocycles. The van der Waals surface area contributed by atoms with E-state index in [9.17, 15) is 43.2 Å². The number of unbranched alkanes of at least 4 members (excludes halogenated alkanes) is 43. The zero-order valence-electron chi connectivity index (χ0n) is 64.3. The van der Waals surface area contributed by atoms with Gasteiger partial charge in [0.2, 0.25) is 0 Å². The summed E-state index contributed by atoms with van der Waals surface area (Å²) in [5.74, 6) is -0.580. The van der Waals surface area contributed by atoms with E-state index in [4.69, 9.17) is 37.0 Å². The summed E-state index contributed by atoms with van der Waals surface area (Å²) in [6, 6.07) is 0. The van der Waals surface area contributed by atoms with Gasteiger partial charge in [0.15, 0.2) is 12.2 Å². The fraction of sp³-hybridized carbons (Fsp3) is 0.900. The van der Waals surface area contributed by atoms with Gasteiger partial charge in [-0.05, 0) is 63.2 Å². The molecule has 584 valence electrons. The first-order valence-corrected chi connectivity index (χ1v) is 43.8. The van der Waals surface area contributed by atoms with Gasteiger partial charge in [-0.15, -0.1) is 0 Å². The lowest BCUT2D eigenvalue weighted by atomic mass is 9.99. The minimum atomic E-state index is -4.97. The van der Waals surface area contributed by atoms with Gasteiger partial charge in [0, 0.05) is 25.7 Å². The number of carbonyl (C=O) groups excluding carboxylic acids is 4. The molecule has 19 heteroatoms. The molecule has 0 spiro atoms. The summed E-state index contributed by atoms with van der Waals surface area (Å²) in [7, 11) is -9.93. The van der Waals surface area contributed by atoms with Gasteiger partial charge in [-0.3, -0.25) is 37.3 Å². The van der Waals surface area contributed by atoms with Crippen molar-refractivity contribution in [2.24, 2.45) is 11.8 Å². The highest BCUT2D eigenvalue weighted by Gasteiger charge is 2.30. The highest BCUT2D eigenvalue weighted by Crippen LogP contribution is 2.45. The molecule has 0 aliphatic carbocycles. The Morgan fingerprint density at radius 1 is 0.333 bits per heavy atom. The van der Waals surface area contributed by atoms with Crippen LogP contribution in [0, 0.1) is 11.8 Å². The molecule has 0 rings (SSSR count). The van der Waals surface area contributed by atoms with E-state index in [0.29, 0.717) is 25.7 Å². The van der Waals surface area contributed by atoms with E-state index in [2.05, 4.69) is 65.8 Å². The number of aliphatic hydroxyl groups excluding tert-OH is 1. The summed E-state index contributed by atoms with van der Waals surface area (Å²) in [5, 5.41) is 10.6. The van der Waals surface area contributed by atoms with Gasteiger partial charge in [-0.2, -0.15) is 0 Å². The van der Waals surface area contributed by atoms with Gasteiger partial charge < -0.3 is 33.8 Å². The fourth-order valence-corrected chi connectivity index (χ4v) is 13.4. The Hall–Kier alpha value is -2.46. The number of ether oxygens (including phenoxy) is 4. The minimum Gasteiger partial charge on any atom is -0.462 e. The summed E-state index contributed by atoms with van der Waals surface area (Å²) in [6.07, 6.45) is 63.1. The lowest BCUT2D eigenvalue weighted by molar-refractivity contribution is -0.161. The smallest absolute Gasteiger partial charge is 0.462 e. The number of esters is 4. The first-order valence-electron chi connectivity index (χ1n) is 40.8. The van der Waals surface area contributed by atoms with Gasteiger partial charge in [0.1, 0.15) is 19.3 Å². The van der Waals surface area contributed by atoms with E-state index in [1.54, 1.807) is 0 Å². The zero-order chi connectivity index (χ0) is 72.8. The van der Waals surface area contributed by atoms with Crippen LogP contribution in [0.15, 0.2) is 24.3 Å².